The molecule has 1 atom stereocenters. The van der Waals surface area contributed by atoms with E-state index in [0.717, 1.165) is 19.4 Å². The highest BCUT2D eigenvalue weighted by Crippen LogP contribution is 2.24. The van der Waals surface area contributed by atoms with E-state index in [0.29, 0.717) is 30.3 Å². The molecule has 1 saturated heterocycles. The first kappa shape index (κ1) is 14.6. The molecule has 0 spiro atoms. The van der Waals surface area contributed by atoms with Crippen LogP contribution in [0.3, 0.4) is 0 Å². The third-order valence-electron chi connectivity index (χ3n) is 3.30. The van der Waals surface area contributed by atoms with Crippen molar-refractivity contribution in [1.29, 1.82) is 0 Å². The fourth-order valence-electron chi connectivity index (χ4n) is 2.26. The molecule has 20 heavy (non-hydrogen) atoms. The molecule has 1 aromatic rings. The van der Waals surface area contributed by atoms with Crippen molar-refractivity contribution in [2.45, 2.75) is 32.2 Å². The van der Waals surface area contributed by atoms with Gasteiger partial charge in [0.15, 0.2) is 0 Å². The molecule has 2 rings (SSSR count). The van der Waals surface area contributed by atoms with Gasteiger partial charge in [-0.1, -0.05) is 0 Å². The number of nitrogen functional groups attached to an aromatic ring is 1. The van der Waals surface area contributed by atoms with E-state index >= 15 is 0 Å². The molecule has 0 bridgehead atoms. The van der Waals surface area contributed by atoms with Gasteiger partial charge in [-0.15, -0.1) is 0 Å². The maximum Gasteiger partial charge on any atom is 0.340 e. The van der Waals surface area contributed by atoms with Crippen LogP contribution >= 0.6 is 0 Å². The van der Waals surface area contributed by atoms with Crippen LogP contribution in [-0.2, 0) is 9.47 Å². The number of aromatic nitrogens is 1. The van der Waals surface area contributed by atoms with Crippen molar-refractivity contribution >= 4 is 17.5 Å². The largest absolute Gasteiger partial charge is 0.462 e. The number of ether oxygens (including phenoxy) is 2. The molecule has 1 aromatic heterocycles. The van der Waals surface area contributed by atoms with Crippen LogP contribution in [0.2, 0.25) is 0 Å². The van der Waals surface area contributed by atoms with E-state index in [-0.39, 0.29) is 5.54 Å². The number of nitrogens with one attached hydrogen (secondary N) is 1. The minimum absolute atomic E-state index is 0.173. The number of rotatable bonds is 4. The molecule has 0 saturated carbocycles. The number of hydrogen-bond acceptors (Lipinski definition) is 6. The monoisotopic (exact) mass is 279 g/mol. The Kier molecular flexibility index (Phi) is 4.44. The summed E-state index contributed by atoms with van der Waals surface area (Å²) in [6, 6.07) is 1.63. The van der Waals surface area contributed by atoms with Crippen LogP contribution in [0.1, 0.15) is 37.0 Å². The maximum absolute atomic E-state index is 11.8. The predicted octanol–water partition coefficient (Wildman–Crippen LogP) is 1.82. The van der Waals surface area contributed by atoms with Crippen molar-refractivity contribution in [1.82, 2.24) is 4.98 Å². The van der Waals surface area contributed by atoms with Gasteiger partial charge < -0.3 is 20.5 Å². The Morgan fingerprint density at radius 3 is 3.10 bits per heavy atom. The zero-order valence-corrected chi connectivity index (χ0v) is 11.9. The van der Waals surface area contributed by atoms with Gasteiger partial charge in [-0.3, -0.25) is 0 Å². The van der Waals surface area contributed by atoms with Gasteiger partial charge in [0.25, 0.3) is 0 Å². The molecular formula is C14H21N3O3. The summed E-state index contributed by atoms with van der Waals surface area (Å²) in [6.07, 6.45) is 3.47. The van der Waals surface area contributed by atoms with Crippen LogP contribution in [0.5, 0.6) is 0 Å². The fraction of sp³-hybridized carbons (Fsp3) is 0.571. The predicted molar refractivity (Wildman–Crippen MR) is 76.7 cm³/mol. The smallest absolute Gasteiger partial charge is 0.340 e. The van der Waals surface area contributed by atoms with Crippen LogP contribution < -0.4 is 11.1 Å². The summed E-state index contributed by atoms with van der Waals surface area (Å²) in [5, 5.41) is 3.32. The van der Waals surface area contributed by atoms with Crippen molar-refractivity contribution < 1.29 is 14.3 Å². The lowest BCUT2D eigenvalue weighted by Crippen LogP contribution is -2.43. The second-order valence-corrected chi connectivity index (χ2v) is 5.22. The van der Waals surface area contributed by atoms with E-state index in [1.54, 1.807) is 13.0 Å². The fourth-order valence-corrected chi connectivity index (χ4v) is 2.26. The molecule has 110 valence electrons. The van der Waals surface area contributed by atoms with E-state index < -0.39 is 5.97 Å². The SMILES string of the molecule is CCOC(=O)c1cc(NC2(C)CCCOC2)ncc1N. The minimum Gasteiger partial charge on any atom is -0.462 e. The van der Waals surface area contributed by atoms with E-state index in [9.17, 15) is 4.79 Å². The lowest BCUT2D eigenvalue weighted by molar-refractivity contribution is 0.0526. The number of hydrogen-bond donors (Lipinski definition) is 2. The molecule has 1 aliphatic rings. The topological polar surface area (TPSA) is 86.5 Å². The number of carbonyl (C=O) groups excluding carboxylic acids is 1. The molecule has 1 aliphatic heterocycles. The summed E-state index contributed by atoms with van der Waals surface area (Å²) in [7, 11) is 0. The second kappa shape index (κ2) is 6.09. The summed E-state index contributed by atoms with van der Waals surface area (Å²) in [5.74, 6) is 0.177. The van der Waals surface area contributed by atoms with Crippen LogP contribution in [-0.4, -0.2) is 36.3 Å². The zero-order chi connectivity index (χ0) is 14.6. The number of esters is 1. The zero-order valence-electron chi connectivity index (χ0n) is 11.9. The van der Waals surface area contributed by atoms with Gasteiger partial charge in [0.2, 0.25) is 0 Å². The first-order valence-electron chi connectivity index (χ1n) is 6.82. The molecule has 0 aliphatic carbocycles. The first-order valence-corrected chi connectivity index (χ1v) is 6.82. The summed E-state index contributed by atoms with van der Waals surface area (Å²) >= 11 is 0. The van der Waals surface area contributed by atoms with Crippen LogP contribution in [0.4, 0.5) is 11.5 Å². The second-order valence-electron chi connectivity index (χ2n) is 5.22. The Hall–Kier alpha value is -1.82. The lowest BCUT2D eigenvalue weighted by Gasteiger charge is -2.34. The normalized spacial score (nSPS) is 22.3. The number of anilines is 2. The summed E-state index contributed by atoms with van der Waals surface area (Å²) in [6.45, 7) is 5.56. The van der Waals surface area contributed by atoms with Gasteiger partial charge in [-0.25, -0.2) is 9.78 Å². The number of carbonyl (C=O) groups is 1. The molecule has 6 heteroatoms. The van der Waals surface area contributed by atoms with Crippen molar-refractivity contribution in [3.8, 4) is 0 Å². The molecular weight excluding hydrogens is 258 g/mol. The number of pyridine rings is 1. The Morgan fingerprint density at radius 1 is 1.65 bits per heavy atom. The molecule has 3 N–H and O–H groups in total. The van der Waals surface area contributed by atoms with E-state index in [2.05, 4.69) is 17.2 Å². The summed E-state index contributed by atoms with van der Waals surface area (Å²) in [5.41, 5.74) is 6.25. The van der Waals surface area contributed by atoms with Gasteiger partial charge in [-0.05, 0) is 32.8 Å². The average Bonchev–Trinajstić information content (AvgIpc) is 2.42. The van der Waals surface area contributed by atoms with Crippen molar-refractivity contribution in [2.75, 3.05) is 30.9 Å². The first-order chi connectivity index (χ1) is 9.54. The van der Waals surface area contributed by atoms with Gasteiger partial charge in [0.1, 0.15) is 5.82 Å². The number of nitrogens with two attached hydrogens (primary N) is 1. The van der Waals surface area contributed by atoms with Crippen LogP contribution in [0.25, 0.3) is 0 Å². The molecule has 0 radical (unpaired) electrons. The van der Waals surface area contributed by atoms with Gasteiger partial charge in [-0.2, -0.15) is 0 Å². The summed E-state index contributed by atoms with van der Waals surface area (Å²) < 4.78 is 10.5. The molecule has 0 amide bonds. The van der Waals surface area contributed by atoms with Crippen LogP contribution in [0.15, 0.2) is 12.3 Å². The Morgan fingerprint density at radius 2 is 2.45 bits per heavy atom. The third-order valence-corrected chi connectivity index (χ3v) is 3.30. The average molecular weight is 279 g/mol. The Balaban J connectivity index is 2.16. The third kappa shape index (κ3) is 3.39. The van der Waals surface area contributed by atoms with E-state index in [1.807, 2.05) is 0 Å². The Labute approximate surface area is 118 Å². The highest BCUT2D eigenvalue weighted by Gasteiger charge is 2.28. The highest BCUT2D eigenvalue weighted by atomic mass is 16.5. The lowest BCUT2D eigenvalue weighted by atomic mass is 9.95. The highest BCUT2D eigenvalue weighted by molar-refractivity contribution is 5.95. The van der Waals surface area contributed by atoms with Crippen molar-refractivity contribution in [2.24, 2.45) is 0 Å². The maximum atomic E-state index is 11.8. The number of nitrogens with zero attached hydrogens (tertiary/aromatic N) is 1. The standard InChI is InChI=1S/C14H21N3O3/c1-3-20-13(18)10-7-12(16-8-11(10)15)17-14(2)5-4-6-19-9-14/h7-8H,3-6,9,15H2,1-2H3,(H,16,17). The van der Waals surface area contributed by atoms with Crippen LogP contribution in [0, 0.1) is 0 Å². The van der Waals surface area contributed by atoms with Gasteiger partial charge in [0.05, 0.1) is 36.2 Å². The quantitative estimate of drug-likeness (QED) is 0.818. The molecule has 2 heterocycles. The van der Waals surface area contributed by atoms with Crippen molar-refractivity contribution in [3.63, 3.8) is 0 Å². The molecule has 1 fully saturated rings. The summed E-state index contributed by atoms with van der Waals surface area (Å²) in [4.78, 5) is 16.0. The Bertz CT molecular complexity index is 485. The van der Waals surface area contributed by atoms with E-state index in [1.165, 1.54) is 6.20 Å². The minimum atomic E-state index is -0.430. The van der Waals surface area contributed by atoms with Gasteiger partial charge in [0, 0.05) is 6.61 Å². The molecule has 6 nitrogen and oxygen atoms in total. The molecule has 1 unspecified atom stereocenters. The molecule has 0 aromatic carbocycles. The van der Waals surface area contributed by atoms with Crippen molar-refractivity contribution in [3.05, 3.63) is 17.8 Å². The van der Waals surface area contributed by atoms with Gasteiger partial charge >= 0.3 is 5.97 Å². The van der Waals surface area contributed by atoms with E-state index in [4.69, 9.17) is 15.2 Å².